The second-order valence-corrected chi connectivity index (χ2v) is 9.97. The maximum Gasteiger partial charge on any atom is 0.271 e. The highest BCUT2D eigenvalue weighted by Crippen LogP contribution is 2.50. The number of hydrazine groups is 1. The van der Waals surface area contributed by atoms with Crippen molar-refractivity contribution in [2.45, 2.75) is 32.6 Å². The summed E-state index contributed by atoms with van der Waals surface area (Å²) in [6, 6.07) is 10.9. The molecule has 0 bridgehead atoms. The first kappa shape index (κ1) is 23.5. The minimum atomic E-state index is -0.720. The Balaban J connectivity index is 1.92. The maximum absolute atomic E-state index is 13.5. The number of halogens is 1. The number of benzene rings is 1. The number of methoxy groups -OCH3 is 1. The van der Waals surface area contributed by atoms with Crippen molar-refractivity contribution in [2.24, 2.45) is 11.1 Å². The van der Waals surface area contributed by atoms with E-state index in [4.69, 9.17) is 10.5 Å². The summed E-state index contributed by atoms with van der Waals surface area (Å²) in [5, 5.41) is 11.5. The molecule has 0 saturated heterocycles. The number of nitriles is 1. The van der Waals surface area contributed by atoms with Gasteiger partial charge in [0, 0.05) is 34.4 Å². The van der Waals surface area contributed by atoms with Crippen molar-refractivity contribution in [3.63, 3.8) is 0 Å². The fourth-order valence-corrected chi connectivity index (χ4v) is 4.92. The first-order valence-corrected chi connectivity index (χ1v) is 11.5. The van der Waals surface area contributed by atoms with Gasteiger partial charge in [-0.1, -0.05) is 29.8 Å². The molecule has 4 rings (SSSR count). The molecule has 2 heterocycles. The molecule has 0 spiro atoms. The van der Waals surface area contributed by atoms with Crippen molar-refractivity contribution < 1.29 is 14.3 Å². The van der Waals surface area contributed by atoms with Gasteiger partial charge in [-0.25, -0.2) is 5.01 Å². The zero-order chi connectivity index (χ0) is 24.6. The Morgan fingerprint density at radius 3 is 2.76 bits per heavy atom. The number of carbonyl (C=O) groups excluding carboxylic acids is 2. The van der Waals surface area contributed by atoms with E-state index in [1.165, 1.54) is 18.3 Å². The lowest BCUT2D eigenvalue weighted by atomic mass is 9.69. The van der Waals surface area contributed by atoms with E-state index < -0.39 is 11.8 Å². The van der Waals surface area contributed by atoms with E-state index in [0.29, 0.717) is 41.0 Å². The third-order valence-electron chi connectivity index (χ3n) is 6.02. The lowest BCUT2D eigenvalue weighted by Crippen LogP contribution is -2.49. The number of hydrogen-bond donors (Lipinski definition) is 2. The fraction of sp³-hybridized carbons (Fsp3) is 0.280. The third-order valence-corrected chi connectivity index (χ3v) is 6.51. The second kappa shape index (κ2) is 8.95. The first-order chi connectivity index (χ1) is 16.2. The molecule has 1 unspecified atom stereocenters. The number of Topliss-reactive ketones (excluding diaryl/α,β-unsaturated/α-hetero) is 1. The van der Waals surface area contributed by atoms with Crippen LogP contribution in [0.2, 0.25) is 0 Å². The third kappa shape index (κ3) is 4.17. The van der Waals surface area contributed by atoms with Crippen molar-refractivity contribution in [1.29, 1.82) is 5.26 Å². The molecule has 2 aliphatic rings. The van der Waals surface area contributed by atoms with E-state index >= 15 is 0 Å². The zero-order valence-corrected chi connectivity index (χ0v) is 20.6. The van der Waals surface area contributed by atoms with E-state index in [1.54, 1.807) is 24.4 Å². The average Bonchev–Trinajstić information content (AvgIpc) is 2.80. The van der Waals surface area contributed by atoms with Gasteiger partial charge in [-0.3, -0.25) is 20.0 Å². The van der Waals surface area contributed by atoms with Crippen LogP contribution in [-0.2, 0) is 4.79 Å². The first-order valence-electron chi connectivity index (χ1n) is 10.7. The Morgan fingerprint density at radius 2 is 2.12 bits per heavy atom. The Hall–Kier alpha value is -3.64. The number of aromatic nitrogens is 1. The maximum atomic E-state index is 13.5. The van der Waals surface area contributed by atoms with Gasteiger partial charge in [-0.2, -0.15) is 5.26 Å². The van der Waals surface area contributed by atoms with Gasteiger partial charge in [0.05, 0.1) is 35.9 Å². The molecule has 1 amide bonds. The van der Waals surface area contributed by atoms with Crippen LogP contribution in [0.4, 0.5) is 0 Å². The number of nitrogens with one attached hydrogen (secondary N) is 1. The number of nitrogens with two attached hydrogens (primary N) is 1. The molecule has 1 aliphatic heterocycles. The summed E-state index contributed by atoms with van der Waals surface area (Å²) in [6.45, 7) is 3.98. The van der Waals surface area contributed by atoms with Gasteiger partial charge in [0.25, 0.3) is 5.91 Å². The van der Waals surface area contributed by atoms with Crippen LogP contribution in [0.15, 0.2) is 69.9 Å². The Kier molecular flexibility index (Phi) is 6.19. The number of nitrogens with zero attached hydrogens (tertiary/aromatic N) is 3. The standard InChI is InChI=1S/C25H24BrN5O3/c1-25(2)10-18-22(19(32)11-25)21(16-9-15(26)6-7-20(16)34-3)17(12-27)23(28)31(18)30-24(33)14-5-4-8-29-13-14/h4-9,13,21H,10-11,28H2,1-3H3,(H,30,33). The van der Waals surface area contributed by atoms with Crippen molar-refractivity contribution in [3.8, 4) is 11.8 Å². The summed E-state index contributed by atoms with van der Waals surface area (Å²) < 4.78 is 6.34. The lowest BCUT2D eigenvalue weighted by molar-refractivity contribution is -0.118. The predicted octanol–water partition coefficient (Wildman–Crippen LogP) is 3.93. The molecular weight excluding hydrogens is 498 g/mol. The van der Waals surface area contributed by atoms with Gasteiger partial charge >= 0.3 is 0 Å². The van der Waals surface area contributed by atoms with Gasteiger partial charge in [-0.15, -0.1) is 0 Å². The van der Waals surface area contributed by atoms with E-state index in [2.05, 4.69) is 32.4 Å². The van der Waals surface area contributed by atoms with Gasteiger partial charge in [0.1, 0.15) is 11.6 Å². The smallest absolute Gasteiger partial charge is 0.271 e. The molecule has 3 N–H and O–H groups in total. The van der Waals surface area contributed by atoms with Gasteiger partial charge in [-0.05, 0) is 42.2 Å². The lowest BCUT2D eigenvalue weighted by Gasteiger charge is -2.43. The SMILES string of the molecule is COc1ccc(Br)cc1C1C(C#N)=C(N)N(NC(=O)c2cccnc2)C2=C1C(=O)CC(C)(C)C2. The summed E-state index contributed by atoms with van der Waals surface area (Å²) >= 11 is 3.48. The quantitative estimate of drug-likeness (QED) is 0.624. The fourth-order valence-electron chi connectivity index (χ4n) is 4.54. The topological polar surface area (TPSA) is 121 Å². The van der Waals surface area contributed by atoms with Crippen molar-refractivity contribution >= 4 is 27.6 Å². The van der Waals surface area contributed by atoms with Crippen LogP contribution >= 0.6 is 15.9 Å². The summed E-state index contributed by atoms with van der Waals surface area (Å²) in [4.78, 5) is 30.5. The number of carbonyl (C=O) groups is 2. The minimum Gasteiger partial charge on any atom is -0.496 e. The van der Waals surface area contributed by atoms with Crippen LogP contribution in [-0.4, -0.2) is 28.8 Å². The Labute approximate surface area is 206 Å². The van der Waals surface area contributed by atoms with Crippen LogP contribution in [0.25, 0.3) is 0 Å². The van der Waals surface area contributed by atoms with Crippen molar-refractivity contribution in [2.75, 3.05) is 7.11 Å². The van der Waals surface area contributed by atoms with Crippen LogP contribution in [0.3, 0.4) is 0 Å². The molecule has 174 valence electrons. The second-order valence-electron chi connectivity index (χ2n) is 9.05. The van der Waals surface area contributed by atoms with Gasteiger partial charge in [0.15, 0.2) is 5.78 Å². The van der Waals surface area contributed by atoms with Crippen molar-refractivity contribution in [3.05, 3.63) is 81.0 Å². The van der Waals surface area contributed by atoms with Gasteiger partial charge < -0.3 is 10.5 Å². The van der Waals surface area contributed by atoms with Crippen LogP contribution in [0.5, 0.6) is 5.75 Å². The number of pyridine rings is 1. The molecule has 0 fully saturated rings. The number of ketones is 1. The van der Waals surface area contributed by atoms with Gasteiger partial charge in [0.2, 0.25) is 0 Å². The zero-order valence-electron chi connectivity index (χ0n) is 19.1. The van der Waals surface area contributed by atoms with E-state index in [1.807, 2.05) is 26.0 Å². The molecule has 2 aromatic rings. The van der Waals surface area contributed by atoms with E-state index in [0.717, 1.165) is 4.47 Å². The molecule has 34 heavy (non-hydrogen) atoms. The van der Waals surface area contributed by atoms with E-state index in [9.17, 15) is 14.9 Å². The minimum absolute atomic E-state index is 0.0658. The highest BCUT2D eigenvalue weighted by Gasteiger charge is 2.45. The molecule has 1 aromatic heterocycles. The molecule has 1 atom stereocenters. The Morgan fingerprint density at radius 1 is 1.35 bits per heavy atom. The highest BCUT2D eigenvalue weighted by molar-refractivity contribution is 9.10. The monoisotopic (exact) mass is 521 g/mol. The highest BCUT2D eigenvalue weighted by atomic mass is 79.9. The summed E-state index contributed by atoms with van der Waals surface area (Å²) in [6.07, 6.45) is 3.79. The normalized spacial score (nSPS) is 19.4. The van der Waals surface area contributed by atoms with Crippen LogP contribution in [0, 0.1) is 16.7 Å². The number of amides is 1. The molecule has 1 aromatic carbocycles. The number of allylic oxidation sites excluding steroid dienone is 3. The van der Waals surface area contributed by atoms with E-state index in [-0.39, 0.29) is 22.6 Å². The molecule has 8 nitrogen and oxygen atoms in total. The number of ether oxygens (including phenoxy) is 1. The number of rotatable bonds is 4. The molecule has 0 saturated carbocycles. The predicted molar refractivity (Wildman–Crippen MR) is 129 cm³/mol. The summed E-state index contributed by atoms with van der Waals surface area (Å²) in [5.41, 5.74) is 11.1. The molecule has 1 aliphatic carbocycles. The largest absolute Gasteiger partial charge is 0.496 e. The molecular formula is C25H24BrN5O3. The van der Waals surface area contributed by atoms with Crippen molar-refractivity contribution in [1.82, 2.24) is 15.4 Å². The summed E-state index contributed by atoms with van der Waals surface area (Å²) in [7, 11) is 1.54. The summed E-state index contributed by atoms with van der Waals surface area (Å²) in [5.74, 6) is -0.668. The Bertz CT molecular complexity index is 1280. The average molecular weight is 522 g/mol. The van der Waals surface area contributed by atoms with Crippen LogP contribution < -0.4 is 15.9 Å². The molecule has 9 heteroatoms. The number of hydrogen-bond acceptors (Lipinski definition) is 7. The van der Waals surface area contributed by atoms with Crippen LogP contribution in [0.1, 0.15) is 48.5 Å². The molecule has 0 radical (unpaired) electrons.